The average molecular weight is 483 g/mol. The van der Waals surface area contributed by atoms with Crippen molar-refractivity contribution >= 4 is 27.7 Å². The molecule has 10 nitrogen and oxygen atoms in total. The van der Waals surface area contributed by atoms with Gasteiger partial charge < -0.3 is 14.8 Å². The van der Waals surface area contributed by atoms with Crippen molar-refractivity contribution in [2.45, 2.75) is 23.7 Å². The van der Waals surface area contributed by atoms with Gasteiger partial charge in [0.25, 0.3) is 15.9 Å². The summed E-state index contributed by atoms with van der Waals surface area (Å²) in [5, 5.41) is 7.34. The Hall–Kier alpha value is -3.86. The van der Waals surface area contributed by atoms with Gasteiger partial charge in [0.05, 0.1) is 31.2 Å². The van der Waals surface area contributed by atoms with Crippen LogP contribution < -0.4 is 14.8 Å². The lowest BCUT2D eigenvalue weighted by Crippen LogP contribution is -2.37. The fourth-order valence-corrected chi connectivity index (χ4v) is 5.43. The van der Waals surface area contributed by atoms with E-state index < -0.39 is 28.4 Å². The Morgan fingerprint density at radius 2 is 1.76 bits per heavy atom. The molecule has 0 atom stereocenters. The molecule has 5 rings (SSSR count). The summed E-state index contributed by atoms with van der Waals surface area (Å²) < 4.78 is 38.6. The van der Waals surface area contributed by atoms with Crippen LogP contribution in [0.25, 0.3) is 5.69 Å². The Kier molecular flexibility index (Phi) is 5.28. The van der Waals surface area contributed by atoms with Crippen molar-refractivity contribution in [3.05, 3.63) is 59.8 Å². The minimum Gasteiger partial charge on any atom is -0.493 e. The molecule has 1 aliphatic carbocycles. The molecule has 0 saturated heterocycles. The Bertz CT molecular complexity index is 1400. The molecule has 34 heavy (non-hydrogen) atoms. The van der Waals surface area contributed by atoms with Crippen molar-refractivity contribution in [3.8, 4) is 17.2 Å². The van der Waals surface area contributed by atoms with Crippen LogP contribution in [0.4, 0.5) is 5.82 Å². The molecule has 2 heterocycles. The molecule has 2 amide bonds. The predicted molar refractivity (Wildman–Crippen MR) is 122 cm³/mol. The highest BCUT2D eigenvalue weighted by Gasteiger charge is 2.43. The first-order chi connectivity index (χ1) is 16.3. The number of methoxy groups -OCH3 is 2. The molecule has 1 saturated carbocycles. The van der Waals surface area contributed by atoms with Crippen LogP contribution in [-0.4, -0.2) is 55.1 Å². The molecule has 11 heteroatoms. The molecule has 1 aliphatic heterocycles. The number of hydrogen-bond acceptors (Lipinski definition) is 7. The van der Waals surface area contributed by atoms with Gasteiger partial charge in [0.2, 0.25) is 5.91 Å². The highest BCUT2D eigenvalue weighted by atomic mass is 32.2. The van der Waals surface area contributed by atoms with Crippen molar-refractivity contribution in [1.82, 2.24) is 14.1 Å². The highest BCUT2D eigenvalue weighted by molar-refractivity contribution is 7.90. The SMILES string of the molecule is COc1cc2c(cc1OC)S(=O)(=O)N(CC(=O)Nc1cc(C3CC3)nn1-c1ccccc1)C2=O. The summed E-state index contributed by atoms with van der Waals surface area (Å²) in [6.07, 6.45) is 2.07. The zero-order chi connectivity index (χ0) is 24.0. The van der Waals surface area contributed by atoms with Crippen LogP contribution in [0.1, 0.15) is 34.8 Å². The number of para-hydroxylation sites is 1. The van der Waals surface area contributed by atoms with E-state index in [1.807, 2.05) is 30.3 Å². The van der Waals surface area contributed by atoms with Gasteiger partial charge in [0.1, 0.15) is 17.3 Å². The lowest BCUT2D eigenvalue weighted by Gasteiger charge is -2.15. The molecule has 0 bridgehead atoms. The lowest BCUT2D eigenvalue weighted by atomic mass is 10.2. The number of ether oxygens (including phenoxy) is 2. The number of carbonyl (C=O) groups is 2. The molecule has 176 valence electrons. The van der Waals surface area contributed by atoms with E-state index in [4.69, 9.17) is 9.47 Å². The molecule has 2 aliphatic rings. The second kappa shape index (κ2) is 8.17. The van der Waals surface area contributed by atoms with Gasteiger partial charge in [-0.2, -0.15) is 5.10 Å². The fraction of sp³-hybridized carbons (Fsp3) is 0.261. The van der Waals surface area contributed by atoms with E-state index in [1.54, 1.807) is 10.7 Å². The van der Waals surface area contributed by atoms with E-state index in [1.165, 1.54) is 26.4 Å². The van der Waals surface area contributed by atoms with Crippen LogP contribution in [0.3, 0.4) is 0 Å². The van der Waals surface area contributed by atoms with Crippen LogP contribution in [0.5, 0.6) is 11.5 Å². The van der Waals surface area contributed by atoms with Gasteiger partial charge in [-0.05, 0) is 31.0 Å². The predicted octanol–water partition coefficient (Wildman–Crippen LogP) is 2.55. The van der Waals surface area contributed by atoms with Gasteiger partial charge in [-0.15, -0.1) is 0 Å². The molecule has 1 fully saturated rings. The Labute approximate surface area is 196 Å². The fourth-order valence-electron chi connectivity index (χ4n) is 3.91. The molecule has 1 aromatic heterocycles. The standard InChI is InChI=1S/C23H22N4O6S/c1-32-18-10-16-20(12-19(18)33-2)34(30,31)26(23(16)29)13-22(28)24-21-11-17(14-8-9-14)25-27(21)15-6-4-3-5-7-15/h3-7,10-12,14H,8-9,13H2,1-2H3,(H,24,28). The van der Waals surface area contributed by atoms with E-state index in [2.05, 4.69) is 10.4 Å². The second-order valence-electron chi connectivity index (χ2n) is 8.04. The number of hydrogen-bond donors (Lipinski definition) is 1. The van der Waals surface area contributed by atoms with Crippen molar-refractivity contribution in [1.29, 1.82) is 0 Å². The topological polar surface area (TPSA) is 120 Å². The molecule has 0 radical (unpaired) electrons. The average Bonchev–Trinajstić information content (AvgIpc) is 3.58. The van der Waals surface area contributed by atoms with Crippen LogP contribution >= 0.6 is 0 Å². The lowest BCUT2D eigenvalue weighted by molar-refractivity contribution is -0.116. The third kappa shape index (κ3) is 3.67. The van der Waals surface area contributed by atoms with Crippen LogP contribution in [0.2, 0.25) is 0 Å². The maximum atomic E-state index is 13.1. The third-order valence-electron chi connectivity index (χ3n) is 5.79. The number of anilines is 1. The summed E-state index contributed by atoms with van der Waals surface area (Å²) in [5.41, 5.74) is 1.53. The molecular weight excluding hydrogens is 460 g/mol. The minimum absolute atomic E-state index is 0.0733. The highest BCUT2D eigenvalue weighted by Crippen LogP contribution is 2.41. The van der Waals surface area contributed by atoms with Gasteiger partial charge >= 0.3 is 0 Å². The van der Waals surface area contributed by atoms with E-state index in [0.717, 1.165) is 24.2 Å². The van der Waals surface area contributed by atoms with Crippen LogP contribution in [0.15, 0.2) is 53.4 Å². The van der Waals surface area contributed by atoms with Gasteiger partial charge in [0.15, 0.2) is 11.5 Å². The number of fused-ring (bicyclic) bond motifs is 1. The number of rotatable bonds is 7. The number of nitrogens with one attached hydrogen (secondary N) is 1. The number of sulfonamides is 1. The maximum Gasteiger partial charge on any atom is 0.269 e. The van der Waals surface area contributed by atoms with Crippen molar-refractivity contribution in [2.24, 2.45) is 0 Å². The summed E-state index contributed by atoms with van der Waals surface area (Å²) in [4.78, 5) is 25.6. The first-order valence-corrected chi connectivity index (χ1v) is 12.1. The zero-order valence-electron chi connectivity index (χ0n) is 18.5. The molecule has 0 unspecified atom stereocenters. The summed E-state index contributed by atoms with van der Waals surface area (Å²) in [5.74, 6) is -0.327. The maximum absolute atomic E-state index is 13.1. The summed E-state index contributed by atoms with van der Waals surface area (Å²) in [7, 11) is -1.49. The quantitative estimate of drug-likeness (QED) is 0.550. The van der Waals surface area contributed by atoms with Crippen molar-refractivity contribution < 1.29 is 27.5 Å². The first-order valence-electron chi connectivity index (χ1n) is 10.6. The summed E-state index contributed by atoms with van der Waals surface area (Å²) in [6.45, 7) is -0.681. The van der Waals surface area contributed by atoms with Crippen LogP contribution in [0, 0.1) is 0 Å². The number of benzene rings is 2. The van der Waals surface area contributed by atoms with Gasteiger partial charge in [0, 0.05) is 18.1 Å². The van der Waals surface area contributed by atoms with E-state index in [-0.39, 0.29) is 22.0 Å². The number of amides is 2. The summed E-state index contributed by atoms with van der Waals surface area (Å²) in [6, 6.07) is 13.6. The Morgan fingerprint density at radius 3 is 2.41 bits per heavy atom. The van der Waals surface area contributed by atoms with Gasteiger partial charge in [-0.3, -0.25) is 9.59 Å². The van der Waals surface area contributed by atoms with E-state index in [9.17, 15) is 18.0 Å². The largest absolute Gasteiger partial charge is 0.493 e. The Morgan fingerprint density at radius 1 is 1.09 bits per heavy atom. The van der Waals surface area contributed by atoms with Crippen LogP contribution in [-0.2, 0) is 14.8 Å². The minimum atomic E-state index is -4.24. The molecule has 1 N–H and O–H groups in total. The molecule has 3 aromatic rings. The second-order valence-corrected chi connectivity index (χ2v) is 9.88. The van der Waals surface area contributed by atoms with Crippen molar-refractivity contribution in [3.63, 3.8) is 0 Å². The smallest absolute Gasteiger partial charge is 0.269 e. The normalized spacial score (nSPS) is 16.3. The summed E-state index contributed by atoms with van der Waals surface area (Å²) >= 11 is 0. The molecular formula is C23H22N4O6S. The monoisotopic (exact) mass is 482 g/mol. The van der Waals surface area contributed by atoms with E-state index >= 15 is 0 Å². The number of nitrogens with zero attached hydrogens (tertiary/aromatic N) is 3. The number of carbonyl (C=O) groups excluding carboxylic acids is 2. The number of aromatic nitrogens is 2. The third-order valence-corrected chi connectivity index (χ3v) is 7.56. The van der Waals surface area contributed by atoms with Gasteiger partial charge in [-0.1, -0.05) is 18.2 Å². The van der Waals surface area contributed by atoms with Gasteiger partial charge in [-0.25, -0.2) is 17.4 Å². The molecule has 0 spiro atoms. The van der Waals surface area contributed by atoms with Crippen molar-refractivity contribution in [2.75, 3.05) is 26.1 Å². The van der Waals surface area contributed by atoms with E-state index in [0.29, 0.717) is 16.0 Å². The molecule has 2 aromatic carbocycles. The first kappa shape index (κ1) is 22.0. The zero-order valence-corrected chi connectivity index (χ0v) is 19.3. The Balaban J connectivity index is 1.42.